The van der Waals surface area contributed by atoms with Gasteiger partial charge in [0, 0.05) is 6.07 Å². The number of ether oxygens (including phenoxy) is 3. The second kappa shape index (κ2) is 9.25. The maximum Gasteiger partial charge on any atom is 0.344 e. The topological polar surface area (TPSA) is 75.0 Å². The largest absolute Gasteiger partial charge is 0.482 e. The van der Waals surface area contributed by atoms with E-state index >= 15 is 0 Å². The van der Waals surface area contributed by atoms with Crippen LogP contribution in [0.2, 0.25) is 0 Å². The van der Waals surface area contributed by atoms with E-state index in [1.165, 1.54) is 12.7 Å². The molecule has 1 aliphatic rings. The summed E-state index contributed by atoms with van der Waals surface area (Å²) >= 11 is 0. The Morgan fingerprint density at radius 1 is 1.00 bits per heavy atom. The highest BCUT2D eigenvalue weighted by atomic mass is 16.6. The van der Waals surface area contributed by atoms with E-state index in [9.17, 15) is 9.59 Å². The summed E-state index contributed by atoms with van der Waals surface area (Å²) in [5, 5.41) is 0.374. The molecule has 3 aromatic rings. The van der Waals surface area contributed by atoms with Gasteiger partial charge < -0.3 is 18.6 Å². The Balaban J connectivity index is 1.44. The molecule has 0 N–H and O–H groups in total. The number of hydrogen-bond acceptors (Lipinski definition) is 6. The minimum Gasteiger partial charge on any atom is -0.482 e. The predicted octanol–water partition coefficient (Wildman–Crippen LogP) is 5.46. The third-order valence-corrected chi connectivity index (χ3v) is 5.34. The van der Waals surface area contributed by atoms with Crippen molar-refractivity contribution in [2.24, 2.45) is 0 Å². The number of esters is 1. The zero-order valence-electron chi connectivity index (χ0n) is 17.8. The summed E-state index contributed by atoms with van der Waals surface area (Å²) in [6.07, 6.45) is 6.51. The molecule has 6 nitrogen and oxygen atoms in total. The van der Waals surface area contributed by atoms with Gasteiger partial charge in [-0.15, -0.1) is 0 Å². The molecule has 1 heterocycles. The van der Waals surface area contributed by atoms with Gasteiger partial charge in [-0.05, 0) is 74.9 Å². The Hall–Kier alpha value is -3.28. The van der Waals surface area contributed by atoms with Gasteiger partial charge in [0.2, 0.25) is 11.2 Å². The smallest absolute Gasteiger partial charge is 0.344 e. The summed E-state index contributed by atoms with van der Waals surface area (Å²) in [6.45, 7) is 3.75. The molecule has 0 amide bonds. The monoisotopic (exact) mass is 422 g/mol. The van der Waals surface area contributed by atoms with Crippen LogP contribution >= 0.6 is 0 Å². The van der Waals surface area contributed by atoms with Crippen molar-refractivity contribution in [3.63, 3.8) is 0 Å². The Bertz CT molecular complexity index is 1120. The molecule has 2 aromatic carbocycles. The zero-order chi connectivity index (χ0) is 21.8. The SMILES string of the molecule is Cc1cc(C)cc(Oc2coc3cc(OCC(=O)OC4CCCCC4)ccc3c2=O)c1. The molecule has 4 rings (SSSR count). The minimum atomic E-state index is -0.384. The molecule has 0 saturated heterocycles. The zero-order valence-corrected chi connectivity index (χ0v) is 17.8. The molecule has 31 heavy (non-hydrogen) atoms. The van der Waals surface area contributed by atoms with E-state index in [0.29, 0.717) is 22.5 Å². The molecule has 0 radical (unpaired) electrons. The van der Waals surface area contributed by atoms with Gasteiger partial charge in [0.05, 0.1) is 5.39 Å². The first-order valence-corrected chi connectivity index (χ1v) is 10.6. The lowest BCUT2D eigenvalue weighted by atomic mass is 9.98. The molecule has 1 aromatic heterocycles. The molecule has 0 aliphatic heterocycles. The van der Waals surface area contributed by atoms with E-state index in [4.69, 9.17) is 18.6 Å². The van der Waals surface area contributed by atoms with Crippen molar-refractivity contribution in [2.75, 3.05) is 6.61 Å². The second-order valence-corrected chi connectivity index (χ2v) is 8.05. The fraction of sp³-hybridized carbons (Fsp3) is 0.360. The molecule has 1 fully saturated rings. The van der Waals surface area contributed by atoms with Crippen LogP contribution in [-0.2, 0) is 9.53 Å². The van der Waals surface area contributed by atoms with Gasteiger partial charge in [-0.3, -0.25) is 4.79 Å². The van der Waals surface area contributed by atoms with Crippen LogP contribution in [0.15, 0.2) is 51.9 Å². The van der Waals surface area contributed by atoms with Gasteiger partial charge in [0.1, 0.15) is 29.4 Å². The minimum absolute atomic E-state index is 0.00455. The van der Waals surface area contributed by atoms with E-state index in [-0.39, 0.29) is 29.9 Å². The number of aryl methyl sites for hydroxylation is 2. The van der Waals surface area contributed by atoms with Crippen LogP contribution in [0.1, 0.15) is 43.2 Å². The predicted molar refractivity (Wildman–Crippen MR) is 117 cm³/mol. The summed E-state index contributed by atoms with van der Waals surface area (Å²) in [6, 6.07) is 10.6. The van der Waals surface area contributed by atoms with Crippen molar-refractivity contribution in [3.05, 3.63) is 64.0 Å². The molecule has 0 unspecified atom stereocenters. The number of hydrogen-bond donors (Lipinski definition) is 0. The van der Waals surface area contributed by atoms with Crippen LogP contribution in [0.3, 0.4) is 0 Å². The Morgan fingerprint density at radius 3 is 2.48 bits per heavy atom. The first-order chi connectivity index (χ1) is 15.0. The van der Waals surface area contributed by atoms with Gasteiger partial charge in [0.25, 0.3) is 0 Å². The third kappa shape index (κ3) is 5.26. The van der Waals surface area contributed by atoms with Crippen molar-refractivity contribution >= 4 is 16.9 Å². The van der Waals surface area contributed by atoms with Gasteiger partial charge in [-0.25, -0.2) is 4.79 Å². The van der Waals surface area contributed by atoms with Crippen molar-refractivity contribution in [1.29, 1.82) is 0 Å². The van der Waals surface area contributed by atoms with Crippen LogP contribution in [0.25, 0.3) is 11.0 Å². The number of fused-ring (bicyclic) bond motifs is 1. The van der Waals surface area contributed by atoms with Gasteiger partial charge >= 0.3 is 5.97 Å². The normalized spacial score (nSPS) is 14.4. The quantitative estimate of drug-likeness (QED) is 0.491. The summed E-state index contributed by atoms with van der Waals surface area (Å²) in [7, 11) is 0. The highest BCUT2D eigenvalue weighted by molar-refractivity contribution is 5.79. The number of carbonyl (C=O) groups is 1. The van der Waals surface area contributed by atoms with Crippen molar-refractivity contribution in [1.82, 2.24) is 0 Å². The highest BCUT2D eigenvalue weighted by Crippen LogP contribution is 2.26. The standard InChI is InChI=1S/C25H26O6/c1-16-10-17(2)12-20(11-16)30-23-14-29-22-13-19(8-9-21(22)25(23)27)28-15-24(26)31-18-6-4-3-5-7-18/h8-14,18H,3-7,15H2,1-2H3. The number of benzene rings is 2. The molecular weight excluding hydrogens is 396 g/mol. The van der Waals surface area contributed by atoms with E-state index in [2.05, 4.69) is 0 Å². The average molecular weight is 422 g/mol. The maximum absolute atomic E-state index is 12.8. The fourth-order valence-corrected chi connectivity index (χ4v) is 3.92. The maximum atomic E-state index is 12.8. The highest BCUT2D eigenvalue weighted by Gasteiger charge is 2.18. The average Bonchev–Trinajstić information content (AvgIpc) is 2.74. The molecule has 6 heteroatoms. The van der Waals surface area contributed by atoms with E-state index in [1.807, 2.05) is 32.0 Å². The van der Waals surface area contributed by atoms with Crippen LogP contribution in [-0.4, -0.2) is 18.7 Å². The summed E-state index contributed by atoms with van der Waals surface area (Å²) in [5.74, 6) is 0.743. The lowest BCUT2D eigenvalue weighted by Gasteiger charge is -2.21. The van der Waals surface area contributed by atoms with Crippen molar-refractivity contribution in [3.8, 4) is 17.2 Å². The van der Waals surface area contributed by atoms with Crippen molar-refractivity contribution < 1.29 is 23.4 Å². The molecular formula is C25H26O6. The third-order valence-electron chi connectivity index (χ3n) is 5.34. The first kappa shape index (κ1) is 21.0. The van der Waals surface area contributed by atoms with Crippen LogP contribution < -0.4 is 14.9 Å². The molecule has 1 aliphatic carbocycles. The molecule has 0 spiro atoms. The first-order valence-electron chi connectivity index (χ1n) is 10.6. The van der Waals surface area contributed by atoms with Gasteiger partial charge in [0.15, 0.2) is 6.61 Å². The second-order valence-electron chi connectivity index (χ2n) is 8.05. The molecule has 1 saturated carbocycles. The fourth-order valence-electron chi connectivity index (χ4n) is 3.92. The van der Waals surface area contributed by atoms with Gasteiger partial charge in [-0.2, -0.15) is 0 Å². The van der Waals surface area contributed by atoms with E-state index < -0.39 is 0 Å². The number of carbonyl (C=O) groups excluding carboxylic acids is 1. The Morgan fingerprint density at radius 2 is 1.74 bits per heavy atom. The van der Waals surface area contributed by atoms with Crippen molar-refractivity contribution in [2.45, 2.75) is 52.1 Å². The molecule has 0 atom stereocenters. The number of rotatable bonds is 6. The van der Waals surface area contributed by atoms with E-state index in [0.717, 1.165) is 36.8 Å². The lowest BCUT2D eigenvalue weighted by molar-refractivity contribution is -0.152. The Labute approximate surface area is 180 Å². The summed E-state index contributed by atoms with van der Waals surface area (Å²) in [5.41, 5.74) is 2.17. The summed E-state index contributed by atoms with van der Waals surface area (Å²) in [4.78, 5) is 24.8. The molecule has 0 bridgehead atoms. The van der Waals surface area contributed by atoms with Crippen LogP contribution in [0.5, 0.6) is 17.2 Å². The van der Waals surface area contributed by atoms with Gasteiger partial charge in [-0.1, -0.05) is 12.5 Å². The van der Waals surface area contributed by atoms with E-state index in [1.54, 1.807) is 18.2 Å². The van der Waals surface area contributed by atoms with Crippen LogP contribution in [0, 0.1) is 13.8 Å². The summed E-state index contributed by atoms with van der Waals surface area (Å²) < 4.78 is 22.4. The Kier molecular flexibility index (Phi) is 6.26. The lowest BCUT2D eigenvalue weighted by Crippen LogP contribution is -2.24. The van der Waals surface area contributed by atoms with Crippen LogP contribution in [0.4, 0.5) is 0 Å². The molecule has 162 valence electrons.